The Balaban J connectivity index is 1.74. The number of nitrogens with one attached hydrogen (secondary N) is 1. The van der Waals surface area contributed by atoms with E-state index in [1.165, 1.54) is 0 Å². The number of hydrogen-bond acceptors (Lipinski definition) is 3. The quantitative estimate of drug-likeness (QED) is 0.826. The number of carbonyl (C=O) groups excluding carboxylic acids is 2. The molecule has 5 nitrogen and oxygen atoms in total. The van der Waals surface area contributed by atoms with Gasteiger partial charge >= 0.3 is 0 Å². The molecule has 0 atom stereocenters. The van der Waals surface area contributed by atoms with Crippen LogP contribution in [0.3, 0.4) is 0 Å². The second kappa shape index (κ2) is 5.95. The Bertz CT molecular complexity index is 402. The Labute approximate surface area is 127 Å². The molecule has 120 valence electrons. The molecule has 0 spiro atoms. The van der Waals surface area contributed by atoms with Gasteiger partial charge in [-0.05, 0) is 32.1 Å². The van der Waals surface area contributed by atoms with Crippen LogP contribution in [-0.4, -0.2) is 41.4 Å². The van der Waals surface area contributed by atoms with Crippen LogP contribution in [0.2, 0.25) is 0 Å². The van der Waals surface area contributed by atoms with Gasteiger partial charge in [0.15, 0.2) is 0 Å². The maximum atomic E-state index is 12.2. The standard InChI is InChI=1S/C16H29N3O2/c1-15(2,3)14(21)19-9-5-12(6-10-19)18-13(20)11-16(17)7-4-8-16/h12H,4-11,17H2,1-3H3,(H,18,20). The van der Waals surface area contributed by atoms with E-state index in [-0.39, 0.29) is 28.8 Å². The topological polar surface area (TPSA) is 75.4 Å². The molecule has 1 heterocycles. The molecule has 0 unspecified atom stereocenters. The average Bonchev–Trinajstić information content (AvgIpc) is 2.35. The third-order valence-electron chi connectivity index (χ3n) is 4.65. The van der Waals surface area contributed by atoms with E-state index < -0.39 is 0 Å². The van der Waals surface area contributed by atoms with Gasteiger partial charge in [0.05, 0.1) is 0 Å². The van der Waals surface area contributed by atoms with Crippen LogP contribution >= 0.6 is 0 Å². The molecule has 1 saturated carbocycles. The van der Waals surface area contributed by atoms with Crippen LogP contribution in [0.25, 0.3) is 0 Å². The van der Waals surface area contributed by atoms with Crippen LogP contribution in [0.4, 0.5) is 0 Å². The number of carbonyl (C=O) groups is 2. The molecular weight excluding hydrogens is 266 g/mol. The van der Waals surface area contributed by atoms with E-state index in [2.05, 4.69) is 5.32 Å². The molecule has 1 aliphatic heterocycles. The molecule has 2 rings (SSSR count). The lowest BCUT2D eigenvalue weighted by atomic mass is 9.75. The SMILES string of the molecule is CC(C)(C)C(=O)N1CCC(NC(=O)CC2(N)CCC2)CC1. The summed E-state index contributed by atoms with van der Waals surface area (Å²) in [5.41, 5.74) is 5.52. The van der Waals surface area contributed by atoms with Gasteiger partial charge in [-0.1, -0.05) is 20.8 Å². The molecule has 1 aliphatic carbocycles. The largest absolute Gasteiger partial charge is 0.353 e. The lowest BCUT2D eigenvalue weighted by Crippen LogP contribution is -2.53. The van der Waals surface area contributed by atoms with E-state index in [1.807, 2.05) is 25.7 Å². The van der Waals surface area contributed by atoms with Crippen molar-refractivity contribution in [1.29, 1.82) is 0 Å². The zero-order chi connectivity index (χ0) is 15.7. The summed E-state index contributed by atoms with van der Waals surface area (Å²) >= 11 is 0. The number of amides is 2. The fourth-order valence-corrected chi connectivity index (χ4v) is 3.11. The maximum absolute atomic E-state index is 12.2. The molecule has 5 heteroatoms. The summed E-state index contributed by atoms with van der Waals surface area (Å²) < 4.78 is 0. The van der Waals surface area contributed by atoms with E-state index >= 15 is 0 Å². The molecule has 1 saturated heterocycles. The molecule has 3 N–H and O–H groups in total. The molecule has 0 radical (unpaired) electrons. The predicted octanol–water partition coefficient (Wildman–Crippen LogP) is 1.41. The second-order valence-electron chi connectivity index (χ2n) is 7.78. The highest BCUT2D eigenvalue weighted by Gasteiger charge is 2.36. The van der Waals surface area contributed by atoms with Crippen LogP contribution in [0.5, 0.6) is 0 Å². The number of likely N-dealkylation sites (tertiary alicyclic amines) is 1. The molecule has 2 amide bonds. The zero-order valence-electron chi connectivity index (χ0n) is 13.6. The summed E-state index contributed by atoms with van der Waals surface area (Å²) in [6.45, 7) is 7.30. The average molecular weight is 295 g/mol. The Morgan fingerprint density at radius 2 is 1.81 bits per heavy atom. The maximum Gasteiger partial charge on any atom is 0.227 e. The highest BCUT2D eigenvalue weighted by molar-refractivity contribution is 5.81. The van der Waals surface area contributed by atoms with Gasteiger partial charge in [0.2, 0.25) is 11.8 Å². The predicted molar refractivity (Wildman–Crippen MR) is 82.6 cm³/mol. The van der Waals surface area contributed by atoms with Crippen LogP contribution in [0.15, 0.2) is 0 Å². The Kier molecular flexibility index (Phi) is 4.61. The normalized spacial score (nSPS) is 22.6. The molecule has 0 aromatic heterocycles. The van der Waals surface area contributed by atoms with E-state index in [0.717, 1.165) is 45.2 Å². The third kappa shape index (κ3) is 4.19. The van der Waals surface area contributed by atoms with Gasteiger partial charge in [-0.2, -0.15) is 0 Å². The van der Waals surface area contributed by atoms with E-state index in [4.69, 9.17) is 5.73 Å². The van der Waals surface area contributed by atoms with Gasteiger partial charge in [0, 0.05) is 36.5 Å². The molecular formula is C16H29N3O2. The number of hydrogen-bond donors (Lipinski definition) is 2. The van der Waals surface area contributed by atoms with Crippen LogP contribution in [-0.2, 0) is 9.59 Å². The first-order chi connectivity index (χ1) is 9.70. The van der Waals surface area contributed by atoms with Crippen LogP contribution < -0.4 is 11.1 Å². The highest BCUT2D eigenvalue weighted by atomic mass is 16.2. The van der Waals surface area contributed by atoms with Crippen molar-refractivity contribution in [2.75, 3.05) is 13.1 Å². The van der Waals surface area contributed by atoms with Gasteiger partial charge in [0.25, 0.3) is 0 Å². The number of nitrogens with zero attached hydrogens (tertiary/aromatic N) is 1. The van der Waals surface area contributed by atoms with Crippen molar-refractivity contribution < 1.29 is 9.59 Å². The first-order valence-corrected chi connectivity index (χ1v) is 8.07. The fraction of sp³-hybridized carbons (Fsp3) is 0.875. The van der Waals surface area contributed by atoms with Crippen molar-refractivity contribution in [2.45, 2.75) is 70.9 Å². The van der Waals surface area contributed by atoms with E-state index in [1.54, 1.807) is 0 Å². The summed E-state index contributed by atoms with van der Waals surface area (Å²) in [4.78, 5) is 26.1. The smallest absolute Gasteiger partial charge is 0.227 e. The summed E-state index contributed by atoms with van der Waals surface area (Å²) in [6.07, 6.45) is 5.17. The highest BCUT2D eigenvalue weighted by Crippen LogP contribution is 2.32. The monoisotopic (exact) mass is 295 g/mol. The second-order valence-corrected chi connectivity index (χ2v) is 7.78. The van der Waals surface area contributed by atoms with Crippen LogP contribution in [0, 0.1) is 5.41 Å². The van der Waals surface area contributed by atoms with Gasteiger partial charge in [-0.15, -0.1) is 0 Å². The van der Waals surface area contributed by atoms with Gasteiger partial charge < -0.3 is 16.0 Å². The van der Waals surface area contributed by atoms with Crippen molar-refractivity contribution in [2.24, 2.45) is 11.1 Å². The van der Waals surface area contributed by atoms with Crippen molar-refractivity contribution in [3.05, 3.63) is 0 Å². The molecule has 21 heavy (non-hydrogen) atoms. The first kappa shape index (κ1) is 16.3. The van der Waals surface area contributed by atoms with Crippen molar-refractivity contribution in [3.8, 4) is 0 Å². The first-order valence-electron chi connectivity index (χ1n) is 8.07. The van der Waals surface area contributed by atoms with Crippen molar-refractivity contribution >= 4 is 11.8 Å². The van der Waals surface area contributed by atoms with E-state index in [9.17, 15) is 9.59 Å². The van der Waals surface area contributed by atoms with E-state index in [0.29, 0.717) is 6.42 Å². The lowest BCUT2D eigenvalue weighted by Gasteiger charge is -2.39. The summed E-state index contributed by atoms with van der Waals surface area (Å²) in [6, 6.07) is 0.185. The minimum Gasteiger partial charge on any atom is -0.353 e. The molecule has 0 aromatic carbocycles. The number of piperidine rings is 1. The Morgan fingerprint density at radius 1 is 1.24 bits per heavy atom. The molecule has 0 bridgehead atoms. The Hall–Kier alpha value is -1.10. The molecule has 2 fully saturated rings. The van der Waals surface area contributed by atoms with Crippen molar-refractivity contribution in [3.63, 3.8) is 0 Å². The molecule has 0 aromatic rings. The molecule has 2 aliphatic rings. The van der Waals surface area contributed by atoms with Crippen molar-refractivity contribution in [1.82, 2.24) is 10.2 Å². The number of rotatable bonds is 3. The summed E-state index contributed by atoms with van der Waals surface area (Å²) in [5.74, 6) is 0.264. The summed E-state index contributed by atoms with van der Waals surface area (Å²) in [5, 5.41) is 3.08. The summed E-state index contributed by atoms with van der Waals surface area (Å²) in [7, 11) is 0. The third-order valence-corrected chi connectivity index (χ3v) is 4.65. The zero-order valence-corrected chi connectivity index (χ0v) is 13.6. The minimum atomic E-state index is -0.327. The number of nitrogens with two attached hydrogens (primary N) is 1. The van der Waals surface area contributed by atoms with Crippen LogP contribution in [0.1, 0.15) is 59.3 Å². The van der Waals surface area contributed by atoms with Gasteiger partial charge in [0.1, 0.15) is 0 Å². The van der Waals surface area contributed by atoms with Gasteiger partial charge in [-0.25, -0.2) is 0 Å². The minimum absolute atomic E-state index is 0.0674. The fourth-order valence-electron chi connectivity index (χ4n) is 3.11. The van der Waals surface area contributed by atoms with Gasteiger partial charge in [-0.3, -0.25) is 9.59 Å². The Morgan fingerprint density at radius 3 is 2.24 bits per heavy atom. The lowest BCUT2D eigenvalue weighted by molar-refractivity contribution is -0.140.